The minimum atomic E-state index is 0.579. The van der Waals surface area contributed by atoms with E-state index in [4.69, 9.17) is 0 Å². The van der Waals surface area contributed by atoms with Crippen molar-refractivity contribution in [3.63, 3.8) is 0 Å². The van der Waals surface area contributed by atoms with Crippen molar-refractivity contribution in [2.75, 3.05) is 0 Å². The molecule has 1 aliphatic carbocycles. The van der Waals surface area contributed by atoms with Gasteiger partial charge in [0.15, 0.2) is 0 Å². The number of rotatable bonds is 7. The molecule has 0 N–H and O–H groups in total. The lowest BCUT2D eigenvalue weighted by Gasteiger charge is -2.17. The molecule has 0 radical (unpaired) electrons. The molecule has 1 aliphatic rings. The van der Waals surface area contributed by atoms with Gasteiger partial charge < -0.3 is 0 Å². The van der Waals surface area contributed by atoms with Gasteiger partial charge in [0, 0.05) is 5.92 Å². The Balaban J connectivity index is 1.78. The Labute approximate surface area is 141 Å². The van der Waals surface area contributed by atoms with E-state index >= 15 is 0 Å². The first-order chi connectivity index (χ1) is 11.3. The fraction of sp³-hybridized carbons (Fsp3) is 0.391. The van der Waals surface area contributed by atoms with E-state index in [1.165, 1.54) is 66.4 Å². The van der Waals surface area contributed by atoms with Gasteiger partial charge in [-0.05, 0) is 35.6 Å². The molecule has 0 aliphatic heterocycles. The van der Waals surface area contributed by atoms with Crippen LogP contribution in [0.4, 0.5) is 0 Å². The zero-order valence-electron chi connectivity index (χ0n) is 14.5. The maximum Gasteiger partial charge on any atom is 0.0101 e. The van der Waals surface area contributed by atoms with Crippen molar-refractivity contribution in [1.82, 2.24) is 0 Å². The van der Waals surface area contributed by atoms with Gasteiger partial charge in [0.25, 0.3) is 0 Å². The third-order valence-electron chi connectivity index (χ3n) is 5.04. The average molecular weight is 304 g/mol. The summed E-state index contributed by atoms with van der Waals surface area (Å²) in [5.41, 5.74) is 7.19. The van der Waals surface area contributed by atoms with Gasteiger partial charge in [-0.1, -0.05) is 99.2 Å². The van der Waals surface area contributed by atoms with Crippen LogP contribution in [0.1, 0.15) is 73.6 Å². The quantitative estimate of drug-likeness (QED) is 0.483. The predicted octanol–water partition coefficient (Wildman–Crippen LogP) is 6.99. The van der Waals surface area contributed by atoms with E-state index < -0.39 is 0 Å². The minimum Gasteiger partial charge on any atom is -0.0654 e. The Morgan fingerprint density at radius 1 is 0.826 bits per heavy atom. The summed E-state index contributed by atoms with van der Waals surface area (Å²) in [4.78, 5) is 0. The van der Waals surface area contributed by atoms with Crippen molar-refractivity contribution < 1.29 is 0 Å². The summed E-state index contributed by atoms with van der Waals surface area (Å²) in [7, 11) is 0. The molecule has 0 saturated heterocycles. The summed E-state index contributed by atoms with van der Waals surface area (Å²) in [5, 5.41) is 0. The molecular formula is C23H28. The highest BCUT2D eigenvalue weighted by Gasteiger charge is 2.25. The molecule has 2 aromatic rings. The number of allylic oxidation sites excluding steroid dienone is 1. The average Bonchev–Trinajstić information content (AvgIpc) is 2.94. The summed E-state index contributed by atoms with van der Waals surface area (Å²) in [5.74, 6) is 0.579. The fourth-order valence-corrected chi connectivity index (χ4v) is 3.69. The zero-order valence-corrected chi connectivity index (χ0v) is 14.5. The largest absolute Gasteiger partial charge is 0.0654 e. The minimum absolute atomic E-state index is 0.579. The standard InChI is InChI=1S/C23H28/c1-3-4-5-6-7-12-22-21-11-9-8-10-20(21)17-23(22)19-15-13-18(2)14-16-19/h8-11,13-17,22H,3-7,12H2,1-2H3. The summed E-state index contributed by atoms with van der Waals surface area (Å²) in [6.07, 6.45) is 10.5. The highest BCUT2D eigenvalue weighted by molar-refractivity contribution is 5.91. The highest BCUT2D eigenvalue weighted by Crippen LogP contribution is 2.44. The maximum absolute atomic E-state index is 2.41. The molecule has 0 nitrogen and oxygen atoms in total. The number of benzene rings is 2. The van der Waals surface area contributed by atoms with Gasteiger partial charge in [-0.2, -0.15) is 0 Å². The first-order valence-electron chi connectivity index (χ1n) is 9.17. The topological polar surface area (TPSA) is 0 Å². The molecule has 0 spiro atoms. The third kappa shape index (κ3) is 3.75. The van der Waals surface area contributed by atoms with Gasteiger partial charge >= 0.3 is 0 Å². The molecule has 1 atom stereocenters. The molecule has 0 amide bonds. The molecular weight excluding hydrogens is 276 g/mol. The second kappa shape index (κ2) is 7.64. The molecule has 23 heavy (non-hydrogen) atoms. The van der Waals surface area contributed by atoms with Crippen molar-refractivity contribution >= 4 is 11.6 Å². The lowest BCUT2D eigenvalue weighted by Crippen LogP contribution is -1.99. The van der Waals surface area contributed by atoms with Crippen LogP contribution in [0.15, 0.2) is 48.5 Å². The normalized spacial score (nSPS) is 16.3. The van der Waals surface area contributed by atoms with Crippen LogP contribution in [0, 0.1) is 6.92 Å². The first-order valence-corrected chi connectivity index (χ1v) is 9.17. The van der Waals surface area contributed by atoms with Gasteiger partial charge in [0.05, 0.1) is 0 Å². The van der Waals surface area contributed by atoms with E-state index in [0.717, 1.165) is 0 Å². The number of unbranched alkanes of at least 4 members (excludes halogenated alkanes) is 4. The van der Waals surface area contributed by atoms with Crippen LogP contribution in [0.5, 0.6) is 0 Å². The summed E-state index contributed by atoms with van der Waals surface area (Å²) in [6, 6.07) is 18.0. The summed E-state index contributed by atoms with van der Waals surface area (Å²) < 4.78 is 0. The molecule has 0 fully saturated rings. The number of hydrogen-bond acceptors (Lipinski definition) is 0. The van der Waals surface area contributed by atoms with Crippen molar-refractivity contribution in [1.29, 1.82) is 0 Å². The molecule has 3 rings (SSSR count). The Kier molecular flexibility index (Phi) is 5.33. The van der Waals surface area contributed by atoms with Crippen LogP contribution in [-0.4, -0.2) is 0 Å². The van der Waals surface area contributed by atoms with Gasteiger partial charge in [-0.25, -0.2) is 0 Å². The van der Waals surface area contributed by atoms with E-state index in [9.17, 15) is 0 Å². The van der Waals surface area contributed by atoms with Crippen LogP contribution in [0.2, 0.25) is 0 Å². The van der Waals surface area contributed by atoms with Crippen molar-refractivity contribution in [2.24, 2.45) is 0 Å². The molecule has 0 aromatic heterocycles. The van der Waals surface area contributed by atoms with Crippen LogP contribution < -0.4 is 0 Å². The molecule has 120 valence electrons. The molecule has 0 saturated carbocycles. The monoisotopic (exact) mass is 304 g/mol. The van der Waals surface area contributed by atoms with E-state index in [2.05, 4.69) is 68.5 Å². The van der Waals surface area contributed by atoms with Gasteiger partial charge in [0.2, 0.25) is 0 Å². The molecule has 1 unspecified atom stereocenters. The Morgan fingerprint density at radius 2 is 1.57 bits per heavy atom. The smallest absolute Gasteiger partial charge is 0.0101 e. The summed E-state index contributed by atoms with van der Waals surface area (Å²) >= 11 is 0. The van der Waals surface area contributed by atoms with E-state index in [0.29, 0.717) is 5.92 Å². The van der Waals surface area contributed by atoms with Crippen molar-refractivity contribution in [3.05, 3.63) is 70.8 Å². The molecule has 2 aromatic carbocycles. The van der Waals surface area contributed by atoms with E-state index in [-0.39, 0.29) is 0 Å². The SMILES string of the molecule is CCCCCCCC1C(c2ccc(C)cc2)=Cc2ccccc21. The van der Waals surface area contributed by atoms with Crippen LogP contribution in [-0.2, 0) is 0 Å². The van der Waals surface area contributed by atoms with Crippen molar-refractivity contribution in [2.45, 2.75) is 58.3 Å². The lowest BCUT2D eigenvalue weighted by molar-refractivity contribution is 0.592. The first kappa shape index (κ1) is 16.1. The van der Waals surface area contributed by atoms with Gasteiger partial charge in [0.1, 0.15) is 0 Å². The van der Waals surface area contributed by atoms with Crippen LogP contribution >= 0.6 is 0 Å². The maximum atomic E-state index is 2.41. The lowest BCUT2D eigenvalue weighted by atomic mass is 9.86. The number of fused-ring (bicyclic) bond motifs is 1. The predicted molar refractivity (Wildman–Crippen MR) is 102 cm³/mol. The highest BCUT2D eigenvalue weighted by atomic mass is 14.3. The second-order valence-electron chi connectivity index (χ2n) is 6.85. The van der Waals surface area contributed by atoms with E-state index in [1.807, 2.05) is 0 Å². The molecule has 0 heteroatoms. The van der Waals surface area contributed by atoms with E-state index in [1.54, 1.807) is 0 Å². The second-order valence-corrected chi connectivity index (χ2v) is 6.85. The Hall–Kier alpha value is -1.82. The number of hydrogen-bond donors (Lipinski definition) is 0. The Bertz CT molecular complexity index is 661. The Morgan fingerprint density at radius 3 is 2.35 bits per heavy atom. The van der Waals surface area contributed by atoms with Gasteiger partial charge in [-0.3, -0.25) is 0 Å². The van der Waals surface area contributed by atoms with Crippen LogP contribution in [0.25, 0.3) is 11.6 Å². The molecule has 0 bridgehead atoms. The third-order valence-corrected chi connectivity index (χ3v) is 5.04. The fourth-order valence-electron chi connectivity index (χ4n) is 3.69. The number of aryl methyl sites for hydroxylation is 1. The van der Waals surface area contributed by atoms with Crippen molar-refractivity contribution in [3.8, 4) is 0 Å². The van der Waals surface area contributed by atoms with Crippen LogP contribution in [0.3, 0.4) is 0 Å². The zero-order chi connectivity index (χ0) is 16.1. The summed E-state index contributed by atoms with van der Waals surface area (Å²) in [6.45, 7) is 4.44. The van der Waals surface area contributed by atoms with Gasteiger partial charge in [-0.15, -0.1) is 0 Å². The molecule has 0 heterocycles.